The monoisotopic (exact) mass is 261 g/mol. The minimum Gasteiger partial charge on any atom is -0.453 e. The Morgan fingerprint density at radius 2 is 2.22 bits per heavy atom. The average molecular weight is 261 g/mol. The molecule has 18 heavy (non-hydrogen) atoms. The van der Waals surface area contributed by atoms with E-state index in [1.54, 1.807) is 18.5 Å². The van der Waals surface area contributed by atoms with E-state index in [1.165, 1.54) is 29.5 Å². The molecule has 0 radical (unpaired) electrons. The van der Waals surface area contributed by atoms with Gasteiger partial charge in [-0.05, 0) is 31.2 Å². The van der Waals surface area contributed by atoms with Crippen LogP contribution >= 0.6 is 11.3 Å². The molecule has 1 aromatic carbocycles. The Kier molecular flexibility index (Phi) is 2.48. The maximum Gasteiger partial charge on any atom is 0.240 e. The van der Waals surface area contributed by atoms with E-state index in [4.69, 9.17) is 4.42 Å². The molecule has 3 nitrogen and oxygen atoms in total. The summed E-state index contributed by atoms with van der Waals surface area (Å²) in [5.74, 6) is -0.356. The Hall–Kier alpha value is -2.01. The molecule has 0 aliphatic heterocycles. The van der Waals surface area contributed by atoms with Gasteiger partial charge in [0, 0.05) is 5.39 Å². The molecular weight excluding hydrogens is 253 g/mol. The van der Waals surface area contributed by atoms with Crippen molar-refractivity contribution in [1.29, 1.82) is 0 Å². The van der Waals surface area contributed by atoms with Crippen LogP contribution in [0, 0.1) is 12.7 Å². The second-order valence-electron chi connectivity index (χ2n) is 3.89. The van der Waals surface area contributed by atoms with Gasteiger partial charge in [-0.25, -0.2) is 9.37 Å². The number of rotatable bonds is 2. The highest BCUT2D eigenvalue weighted by Crippen LogP contribution is 2.24. The van der Waals surface area contributed by atoms with Crippen molar-refractivity contribution in [2.24, 2.45) is 0 Å². The highest BCUT2D eigenvalue weighted by Gasteiger charge is 2.18. The van der Waals surface area contributed by atoms with Crippen molar-refractivity contribution in [3.8, 4) is 0 Å². The number of fused-ring (bicyclic) bond motifs is 1. The fourth-order valence-corrected chi connectivity index (χ4v) is 2.50. The van der Waals surface area contributed by atoms with Gasteiger partial charge in [-0.2, -0.15) is 0 Å². The number of benzene rings is 1. The van der Waals surface area contributed by atoms with E-state index >= 15 is 0 Å². The molecule has 2 heterocycles. The van der Waals surface area contributed by atoms with E-state index in [2.05, 4.69) is 4.98 Å². The van der Waals surface area contributed by atoms with Crippen LogP contribution in [0.2, 0.25) is 0 Å². The fraction of sp³-hybridized carbons (Fsp3) is 0.0769. The zero-order chi connectivity index (χ0) is 12.7. The van der Waals surface area contributed by atoms with Gasteiger partial charge in [-0.15, -0.1) is 11.3 Å². The first kappa shape index (κ1) is 11.1. The fourth-order valence-electron chi connectivity index (χ4n) is 1.76. The normalized spacial score (nSPS) is 11.0. The first-order chi connectivity index (χ1) is 8.65. The standard InChI is InChI=1S/C13H8FNO2S/c1-7-13(18-6-15-7)12(16)11-5-8-4-9(14)2-3-10(8)17-11/h2-6H,1H3. The summed E-state index contributed by atoms with van der Waals surface area (Å²) in [6.07, 6.45) is 0. The van der Waals surface area contributed by atoms with E-state index in [9.17, 15) is 9.18 Å². The third-order valence-electron chi connectivity index (χ3n) is 2.65. The average Bonchev–Trinajstić information content (AvgIpc) is 2.93. The maximum atomic E-state index is 13.0. The second-order valence-corrected chi connectivity index (χ2v) is 4.74. The van der Waals surface area contributed by atoms with Gasteiger partial charge < -0.3 is 4.42 Å². The minimum atomic E-state index is -0.351. The topological polar surface area (TPSA) is 43.1 Å². The van der Waals surface area contributed by atoms with Crippen molar-refractivity contribution >= 4 is 28.1 Å². The van der Waals surface area contributed by atoms with E-state index < -0.39 is 0 Å². The van der Waals surface area contributed by atoms with Crippen molar-refractivity contribution in [2.75, 3.05) is 0 Å². The van der Waals surface area contributed by atoms with Gasteiger partial charge in [0.25, 0.3) is 0 Å². The smallest absolute Gasteiger partial charge is 0.240 e. The number of carbonyl (C=O) groups excluding carboxylic acids is 1. The summed E-state index contributed by atoms with van der Waals surface area (Å²) in [6.45, 7) is 1.77. The van der Waals surface area contributed by atoms with Crippen molar-refractivity contribution < 1.29 is 13.6 Å². The Morgan fingerprint density at radius 1 is 1.39 bits per heavy atom. The molecule has 0 atom stereocenters. The number of aryl methyl sites for hydroxylation is 1. The van der Waals surface area contributed by atoms with Crippen LogP contribution in [0.5, 0.6) is 0 Å². The molecule has 0 bridgehead atoms. The van der Waals surface area contributed by atoms with E-state index in [-0.39, 0.29) is 17.4 Å². The van der Waals surface area contributed by atoms with Gasteiger partial charge in [-0.3, -0.25) is 4.79 Å². The SMILES string of the molecule is Cc1ncsc1C(=O)c1cc2cc(F)ccc2o1. The number of nitrogens with zero attached hydrogens (tertiary/aromatic N) is 1. The molecule has 0 N–H and O–H groups in total. The van der Waals surface area contributed by atoms with Gasteiger partial charge in [0.15, 0.2) is 5.76 Å². The molecule has 2 aromatic heterocycles. The molecule has 5 heteroatoms. The Labute approximate surface area is 106 Å². The van der Waals surface area contributed by atoms with Crippen LogP contribution < -0.4 is 0 Å². The molecule has 0 spiro atoms. The number of furan rings is 1. The lowest BCUT2D eigenvalue weighted by atomic mass is 10.2. The minimum absolute atomic E-state index is 0.211. The molecule has 0 amide bonds. The summed E-state index contributed by atoms with van der Waals surface area (Å²) in [7, 11) is 0. The third-order valence-corrected chi connectivity index (χ3v) is 3.58. The highest BCUT2D eigenvalue weighted by atomic mass is 32.1. The van der Waals surface area contributed by atoms with Gasteiger partial charge in [0.2, 0.25) is 5.78 Å². The molecule has 0 aliphatic carbocycles. The molecule has 0 fully saturated rings. The number of hydrogen-bond acceptors (Lipinski definition) is 4. The van der Waals surface area contributed by atoms with Gasteiger partial charge in [0.1, 0.15) is 16.3 Å². The van der Waals surface area contributed by atoms with Gasteiger partial charge in [-0.1, -0.05) is 0 Å². The molecular formula is C13H8FNO2S. The van der Waals surface area contributed by atoms with Crippen molar-refractivity contribution in [2.45, 2.75) is 6.92 Å². The third kappa shape index (κ3) is 1.73. The van der Waals surface area contributed by atoms with Crippen LogP contribution in [0.25, 0.3) is 11.0 Å². The first-order valence-electron chi connectivity index (χ1n) is 5.29. The Balaban J connectivity index is 2.10. The predicted octanol–water partition coefficient (Wildman–Crippen LogP) is 3.57. The van der Waals surface area contributed by atoms with Crippen LogP contribution in [0.15, 0.2) is 34.2 Å². The van der Waals surface area contributed by atoms with Crippen LogP contribution in [0.4, 0.5) is 4.39 Å². The summed E-state index contributed by atoms with van der Waals surface area (Å²) in [5, 5.41) is 0.584. The van der Waals surface area contributed by atoms with Crippen molar-refractivity contribution in [3.63, 3.8) is 0 Å². The Bertz CT molecular complexity index is 744. The number of halogens is 1. The number of ketones is 1. The van der Waals surface area contributed by atoms with E-state index in [0.29, 0.717) is 21.5 Å². The van der Waals surface area contributed by atoms with Gasteiger partial charge in [0.05, 0.1) is 11.2 Å². The summed E-state index contributed by atoms with van der Waals surface area (Å²) < 4.78 is 18.5. The largest absolute Gasteiger partial charge is 0.453 e. The van der Waals surface area contributed by atoms with E-state index in [0.717, 1.165) is 0 Å². The van der Waals surface area contributed by atoms with Gasteiger partial charge >= 0.3 is 0 Å². The van der Waals surface area contributed by atoms with Crippen LogP contribution in [0.3, 0.4) is 0 Å². The van der Waals surface area contributed by atoms with E-state index in [1.807, 2.05) is 0 Å². The van der Waals surface area contributed by atoms with Crippen molar-refractivity contribution in [1.82, 2.24) is 4.98 Å². The van der Waals surface area contributed by atoms with Crippen LogP contribution in [0.1, 0.15) is 21.1 Å². The lowest BCUT2D eigenvalue weighted by Crippen LogP contribution is -1.98. The zero-order valence-corrected chi connectivity index (χ0v) is 10.3. The lowest BCUT2D eigenvalue weighted by Gasteiger charge is -1.93. The molecule has 3 aromatic rings. The summed E-state index contributed by atoms with van der Waals surface area (Å²) in [6, 6.07) is 5.72. The quantitative estimate of drug-likeness (QED) is 0.662. The number of aromatic nitrogens is 1. The van der Waals surface area contributed by atoms with Crippen LogP contribution in [-0.4, -0.2) is 10.8 Å². The number of hydrogen-bond donors (Lipinski definition) is 0. The predicted molar refractivity (Wildman–Crippen MR) is 66.5 cm³/mol. The Morgan fingerprint density at radius 3 is 2.94 bits per heavy atom. The molecule has 0 saturated heterocycles. The molecule has 3 rings (SSSR count). The van der Waals surface area contributed by atoms with Crippen molar-refractivity contribution in [3.05, 3.63) is 51.9 Å². The summed E-state index contributed by atoms with van der Waals surface area (Å²) in [5.41, 5.74) is 2.80. The maximum absolute atomic E-state index is 13.0. The highest BCUT2D eigenvalue weighted by molar-refractivity contribution is 7.12. The number of thiazole rings is 1. The summed E-state index contributed by atoms with van der Waals surface area (Å²) in [4.78, 5) is 16.7. The molecule has 0 saturated carbocycles. The molecule has 0 aliphatic rings. The zero-order valence-electron chi connectivity index (χ0n) is 9.44. The van der Waals surface area contributed by atoms with Crippen LogP contribution in [-0.2, 0) is 0 Å². The lowest BCUT2D eigenvalue weighted by molar-refractivity contribution is 0.101. The summed E-state index contributed by atoms with van der Waals surface area (Å²) >= 11 is 1.27. The second kappa shape index (κ2) is 4.03. The molecule has 0 unspecified atom stereocenters. The first-order valence-corrected chi connectivity index (χ1v) is 6.17. The number of carbonyl (C=O) groups is 1. The molecule has 90 valence electrons.